The summed E-state index contributed by atoms with van der Waals surface area (Å²) in [6.45, 7) is 6.67. The summed E-state index contributed by atoms with van der Waals surface area (Å²) in [4.78, 5) is 2.67. The van der Waals surface area contributed by atoms with Crippen LogP contribution in [-0.2, 0) is 0 Å². The van der Waals surface area contributed by atoms with Crippen molar-refractivity contribution in [2.45, 2.75) is 32.9 Å². The minimum absolute atomic E-state index is 0.275. The molecule has 0 saturated heterocycles. The molecule has 2 nitrogen and oxygen atoms in total. The van der Waals surface area contributed by atoms with Crippen LogP contribution in [0.5, 0.6) is 0 Å². The Morgan fingerprint density at radius 2 is 2.15 bits per heavy atom. The van der Waals surface area contributed by atoms with Crippen molar-refractivity contribution in [2.24, 2.45) is 0 Å². The van der Waals surface area contributed by atoms with Gasteiger partial charge in [0.25, 0.3) is 0 Å². The molecule has 1 aromatic heterocycles. The van der Waals surface area contributed by atoms with Crippen molar-refractivity contribution < 1.29 is 5.11 Å². The van der Waals surface area contributed by atoms with E-state index in [-0.39, 0.29) is 6.10 Å². The molecule has 1 rings (SSSR count). The zero-order valence-electron chi connectivity index (χ0n) is 8.37. The Bertz CT molecular complexity index is 257. The minimum Gasteiger partial charge on any atom is -0.392 e. The van der Waals surface area contributed by atoms with Gasteiger partial charge in [0.1, 0.15) is 0 Å². The molecule has 0 aliphatic carbocycles. The van der Waals surface area contributed by atoms with Crippen LogP contribution in [0.2, 0.25) is 0 Å². The summed E-state index contributed by atoms with van der Waals surface area (Å²) in [7, 11) is 0. The maximum Gasteiger partial charge on any atom is 0.0636 e. The van der Waals surface area contributed by atoms with Crippen LogP contribution in [-0.4, -0.2) is 17.8 Å². The standard InChI is InChI=1S/C10H17NOS/c1-7(12)6-11-9(3)10-5-4-8(2)13-10/h4-5,7,9,11-12H,6H2,1-3H3. The second-order valence-corrected chi connectivity index (χ2v) is 4.75. The molecule has 0 spiro atoms. The predicted molar refractivity (Wildman–Crippen MR) is 57.2 cm³/mol. The predicted octanol–water partition coefficient (Wildman–Crippen LogP) is 2.09. The van der Waals surface area contributed by atoms with Gasteiger partial charge in [-0.05, 0) is 32.9 Å². The van der Waals surface area contributed by atoms with Crippen LogP contribution in [0.4, 0.5) is 0 Å². The highest BCUT2D eigenvalue weighted by Crippen LogP contribution is 2.21. The van der Waals surface area contributed by atoms with Gasteiger partial charge in [0, 0.05) is 22.3 Å². The van der Waals surface area contributed by atoms with E-state index in [4.69, 9.17) is 5.11 Å². The zero-order valence-corrected chi connectivity index (χ0v) is 9.19. The van der Waals surface area contributed by atoms with E-state index < -0.39 is 0 Å². The van der Waals surface area contributed by atoms with Crippen molar-refractivity contribution >= 4 is 11.3 Å². The van der Waals surface area contributed by atoms with E-state index in [0.717, 1.165) is 0 Å². The normalized spacial score (nSPS) is 15.7. The van der Waals surface area contributed by atoms with Gasteiger partial charge in [-0.3, -0.25) is 0 Å². The monoisotopic (exact) mass is 199 g/mol. The Balaban J connectivity index is 2.44. The van der Waals surface area contributed by atoms with Gasteiger partial charge in [-0.1, -0.05) is 0 Å². The topological polar surface area (TPSA) is 32.3 Å². The summed E-state index contributed by atoms with van der Waals surface area (Å²) in [6, 6.07) is 4.61. The fraction of sp³-hybridized carbons (Fsp3) is 0.600. The van der Waals surface area contributed by atoms with Crippen LogP contribution in [0.3, 0.4) is 0 Å². The SMILES string of the molecule is Cc1ccc(C(C)NCC(C)O)s1. The van der Waals surface area contributed by atoms with Crippen LogP contribution in [0.15, 0.2) is 12.1 Å². The third-order valence-corrected chi connectivity index (χ3v) is 3.09. The molecule has 0 aliphatic rings. The Morgan fingerprint density at radius 3 is 2.62 bits per heavy atom. The zero-order chi connectivity index (χ0) is 9.84. The molecule has 0 aliphatic heterocycles. The van der Waals surface area contributed by atoms with E-state index in [1.54, 1.807) is 18.3 Å². The van der Waals surface area contributed by atoms with Gasteiger partial charge in [0.05, 0.1) is 6.10 Å². The first-order valence-electron chi connectivity index (χ1n) is 4.57. The molecule has 13 heavy (non-hydrogen) atoms. The maximum absolute atomic E-state index is 9.09. The lowest BCUT2D eigenvalue weighted by Gasteiger charge is -2.13. The largest absolute Gasteiger partial charge is 0.392 e. The van der Waals surface area contributed by atoms with E-state index in [0.29, 0.717) is 12.6 Å². The molecule has 2 unspecified atom stereocenters. The first kappa shape index (κ1) is 10.7. The first-order chi connectivity index (χ1) is 6.09. The summed E-state index contributed by atoms with van der Waals surface area (Å²) >= 11 is 1.80. The van der Waals surface area contributed by atoms with Crippen molar-refractivity contribution in [2.75, 3.05) is 6.54 Å². The minimum atomic E-state index is -0.275. The van der Waals surface area contributed by atoms with Gasteiger partial charge in [-0.2, -0.15) is 0 Å². The molecular weight excluding hydrogens is 182 g/mol. The number of nitrogens with one attached hydrogen (secondary N) is 1. The highest BCUT2D eigenvalue weighted by atomic mass is 32.1. The highest BCUT2D eigenvalue weighted by molar-refractivity contribution is 7.12. The van der Waals surface area contributed by atoms with Gasteiger partial charge in [0.15, 0.2) is 0 Å². The highest BCUT2D eigenvalue weighted by Gasteiger charge is 2.07. The smallest absolute Gasteiger partial charge is 0.0636 e. The number of hydrogen-bond donors (Lipinski definition) is 2. The summed E-state index contributed by atoms with van der Waals surface area (Å²) in [6.07, 6.45) is -0.275. The summed E-state index contributed by atoms with van der Waals surface area (Å²) < 4.78 is 0. The maximum atomic E-state index is 9.09. The number of aliphatic hydroxyl groups is 1. The Hall–Kier alpha value is -0.380. The molecule has 1 heterocycles. The average Bonchev–Trinajstić information content (AvgIpc) is 2.47. The molecule has 74 valence electrons. The van der Waals surface area contributed by atoms with E-state index in [1.807, 2.05) is 0 Å². The quantitative estimate of drug-likeness (QED) is 0.778. The van der Waals surface area contributed by atoms with E-state index in [9.17, 15) is 0 Å². The number of hydrogen-bond acceptors (Lipinski definition) is 3. The van der Waals surface area contributed by atoms with Crippen molar-refractivity contribution in [3.05, 3.63) is 21.9 Å². The molecule has 0 aromatic carbocycles. The van der Waals surface area contributed by atoms with Crippen LogP contribution in [0.1, 0.15) is 29.6 Å². The lowest BCUT2D eigenvalue weighted by molar-refractivity contribution is 0.187. The lowest BCUT2D eigenvalue weighted by atomic mass is 10.2. The fourth-order valence-electron chi connectivity index (χ4n) is 1.13. The van der Waals surface area contributed by atoms with Crippen LogP contribution >= 0.6 is 11.3 Å². The lowest BCUT2D eigenvalue weighted by Crippen LogP contribution is -2.26. The third kappa shape index (κ3) is 3.46. The van der Waals surface area contributed by atoms with Crippen molar-refractivity contribution in [1.29, 1.82) is 0 Å². The Kier molecular flexibility index (Phi) is 3.90. The first-order valence-corrected chi connectivity index (χ1v) is 5.39. The molecule has 2 N–H and O–H groups in total. The number of aliphatic hydroxyl groups excluding tert-OH is 1. The molecule has 0 saturated carbocycles. The summed E-state index contributed by atoms with van der Waals surface area (Å²) in [5.74, 6) is 0. The molecule has 0 fully saturated rings. The molecule has 0 bridgehead atoms. The summed E-state index contributed by atoms with van der Waals surface area (Å²) in [5, 5.41) is 12.4. The summed E-state index contributed by atoms with van der Waals surface area (Å²) in [5.41, 5.74) is 0. The number of thiophene rings is 1. The van der Waals surface area contributed by atoms with Gasteiger partial charge in [-0.15, -0.1) is 11.3 Å². The Labute approximate surface area is 83.6 Å². The Morgan fingerprint density at radius 1 is 1.46 bits per heavy atom. The van der Waals surface area contributed by atoms with Crippen molar-refractivity contribution in [3.8, 4) is 0 Å². The molecule has 1 aromatic rings. The number of aryl methyl sites for hydroxylation is 1. The van der Waals surface area contributed by atoms with E-state index in [1.165, 1.54) is 9.75 Å². The second-order valence-electron chi connectivity index (χ2n) is 3.43. The van der Waals surface area contributed by atoms with Crippen molar-refractivity contribution in [1.82, 2.24) is 5.32 Å². The van der Waals surface area contributed by atoms with Crippen molar-refractivity contribution in [3.63, 3.8) is 0 Å². The number of rotatable bonds is 4. The van der Waals surface area contributed by atoms with Gasteiger partial charge < -0.3 is 10.4 Å². The van der Waals surface area contributed by atoms with E-state index >= 15 is 0 Å². The van der Waals surface area contributed by atoms with Gasteiger partial charge in [-0.25, -0.2) is 0 Å². The fourth-order valence-corrected chi connectivity index (χ4v) is 2.04. The van der Waals surface area contributed by atoms with E-state index in [2.05, 4.69) is 31.3 Å². The molecule has 3 heteroatoms. The molecule has 0 amide bonds. The third-order valence-electron chi connectivity index (χ3n) is 1.91. The molecule has 2 atom stereocenters. The average molecular weight is 199 g/mol. The second kappa shape index (κ2) is 4.74. The van der Waals surface area contributed by atoms with Gasteiger partial charge in [0.2, 0.25) is 0 Å². The molecule has 0 radical (unpaired) electrons. The van der Waals surface area contributed by atoms with Gasteiger partial charge >= 0.3 is 0 Å². The van der Waals surface area contributed by atoms with Crippen LogP contribution in [0, 0.1) is 6.92 Å². The van der Waals surface area contributed by atoms with Crippen LogP contribution < -0.4 is 5.32 Å². The molecular formula is C10H17NOS. The van der Waals surface area contributed by atoms with Crippen LogP contribution in [0.25, 0.3) is 0 Å².